The lowest BCUT2D eigenvalue weighted by Gasteiger charge is -2.35. The molecule has 1 aliphatic rings. The molecular weight excluding hydrogens is 651 g/mol. The minimum Gasteiger partial charge on any atom is -0.310 e. The Morgan fingerprint density at radius 2 is 0.833 bits per heavy atom. The van der Waals surface area contributed by atoms with Gasteiger partial charge >= 0.3 is 0 Å². The second kappa shape index (κ2) is 13.2. The highest BCUT2D eigenvalue weighted by Crippen LogP contribution is 2.57. The molecule has 0 N–H and O–H groups in total. The second-order valence-electron chi connectivity index (χ2n) is 14.1. The summed E-state index contributed by atoms with van der Waals surface area (Å²) in [6.45, 7) is 0. The summed E-state index contributed by atoms with van der Waals surface area (Å²) in [7, 11) is 0. The van der Waals surface area contributed by atoms with Crippen LogP contribution in [0.5, 0.6) is 0 Å². The van der Waals surface area contributed by atoms with Crippen LogP contribution in [0.15, 0.2) is 224 Å². The maximum atomic E-state index is 2.44. The average Bonchev–Trinajstić information content (AvgIpc) is 3.55. The number of hydrogen-bond acceptors (Lipinski definition) is 1. The Balaban J connectivity index is 1.15. The van der Waals surface area contributed by atoms with Crippen LogP contribution in [-0.2, 0) is 5.41 Å². The molecule has 0 saturated heterocycles. The molecule has 0 radical (unpaired) electrons. The fraction of sp³-hybridized carbons (Fsp3) is 0.0189. The summed E-state index contributed by atoms with van der Waals surface area (Å²) < 4.78 is 0. The molecule has 1 nitrogen and oxygen atoms in total. The summed E-state index contributed by atoms with van der Waals surface area (Å²) in [5.74, 6) is 0. The van der Waals surface area contributed by atoms with Crippen LogP contribution in [0.4, 0.5) is 17.1 Å². The highest BCUT2D eigenvalue weighted by Gasteiger charge is 2.46. The molecule has 0 spiro atoms. The predicted octanol–water partition coefficient (Wildman–Crippen LogP) is 14.0. The molecule has 9 aromatic carbocycles. The van der Waals surface area contributed by atoms with Gasteiger partial charge in [-0.1, -0.05) is 188 Å². The van der Waals surface area contributed by atoms with Gasteiger partial charge < -0.3 is 4.90 Å². The molecule has 0 amide bonds. The summed E-state index contributed by atoms with van der Waals surface area (Å²) in [6.07, 6.45) is 0. The van der Waals surface area contributed by atoms with Gasteiger partial charge in [0.1, 0.15) is 0 Å². The Kier molecular flexibility index (Phi) is 7.78. The van der Waals surface area contributed by atoms with Crippen LogP contribution < -0.4 is 4.90 Å². The van der Waals surface area contributed by atoms with Crippen molar-refractivity contribution in [1.82, 2.24) is 0 Å². The van der Waals surface area contributed by atoms with E-state index in [1.807, 2.05) is 0 Å². The number of para-hydroxylation sites is 1. The third kappa shape index (κ3) is 5.09. The molecule has 0 bridgehead atoms. The number of hydrogen-bond donors (Lipinski definition) is 0. The van der Waals surface area contributed by atoms with E-state index in [9.17, 15) is 0 Å². The van der Waals surface area contributed by atoms with Gasteiger partial charge in [-0.2, -0.15) is 0 Å². The van der Waals surface area contributed by atoms with Crippen molar-refractivity contribution in [3.63, 3.8) is 0 Å². The molecule has 0 fully saturated rings. The van der Waals surface area contributed by atoms with E-state index in [4.69, 9.17) is 0 Å². The van der Waals surface area contributed by atoms with Gasteiger partial charge in [0.2, 0.25) is 0 Å². The topological polar surface area (TPSA) is 3.24 Å². The Bertz CT molecular complexity index is 2700. The monoisotopic (exact) mass is 687 g/mol. The molecule has 0 unspecified atom stereocenters. The standard InChI is InChI=1S/C53H37N/c1-5-18-40(19-6-1)52-46-26-14-13-17-38(46)31-35-47(52)39-29-32-44(33-30-39)54(43-24-11-4-12-25-43)45-34-36-49-48-27-15-16-28-50(48)53(51(49)37-45,41-20-7-2-8-21-41)42-22-9-3-10-23-42/h1-37H. The van der Waals surface area contributed by atoms with Crippen LogP contribution in [0.1, 0.15) is 22.3 Å². The van der Waals surface area contributed by atoms with Gasteiger partial charge in [0.15, 0.2) is 0 Å². The summed E-state index contributed by atoms with van der Waals surface area (Å²) >= 11 is 0. The van der Waals surface area contributed by atoms with Crippen LogP contribution in [0.3, 0.4) is 0 Å². The first-order chi connectivity index (χ1) is 26.8. The van der Waals surface area contributed by atoms with Crippen LogP contribution in [0.25, 0.3) is 44.2 Å². The lowest BCUT2D eigenvalue weighted by atomic mass is 9.67. The SMILES string of the molecule is c1ccc(-c2c(-c3ccc(N(c4ccccc4)c4ccc5c(c4)C(c4ccccc4)(c4ccccc4)c4ccccc4-5)cc3)ccc3ccccc23)cc1. The van der Waals surface area contributed by atoms with E-state index in [2.05, 4.69) is 229 Å². The summed E-state index contributed by atoms with van der Waals surface area (Å²) in [4.78, 5) is 2.40. The molecule has 10 rings (SSSR count). The van der Waals surface area contributed by atoms with Crippen LogP contribution in [-0.4, -0.2) is 0 Å². The highest BCUT2D eigenvalue weighted by molar-refractivity contribution is 6.04. The zero-order valence-electron chi connectivity index (χ0n) is 29.8. The van der Waals surface area contributed by atoms with Crippen molar-refractivity contribution in [2.24, 2.45) is 0 Å². The molecule has 254 valence electrons. The van der Waals surface area contributed by atoms with E-state index >= 15 is 0 Å². The third-order valence-corrected chi connectivity index (χ3v) is 11.1. The molecule has 0 aromatic heterocycles. The van der Waals surface area contributed by atoms with Gasteiger partial charge in [0, 0.05) is 17.1 Å². The minimum atomic E-state index is -0.472. The van der Waals surface area contributed by atoms with Gasteiger partial charge in [-0.15, -0.1) is 0 Å². The van der Waals surface area contributed by atoms with Crippen molar-refractivity contribution >= 4 is 27.8 Å². The summed E-state index contributed by atoms with van der Waals surface area (Å²) in [5.41, 5.74) is 15.5. The smallest absolute Gasteiger partial charge is 0.0714 e. The number of nitrogens with zero attached hydrogens (tertiary/aromatic N) is 1. The molecule has 1 aliphatic carbocycles. The highest BCUT2D eigenvalue weighted by atomic mass is 15.1. The molecule has 9 aromatic rings. The Hall–Kier alpha value is -6.96. The average molecular weight is 688 g/mol. The van der Waals surface area contributed by atoms with E-state index < -0.39 is 5.41 Å². The van der Waals surface area contributed by atoms with Gasteiger partial charge in [-0.25, -0.2) is 0 Å². The normalized spacial score (nSPS) is 12.6. The third-order valence-electron chi connectivity index (χ3n) is 11.1. The van der Waals surface area contributed by atoms with Crippen LogP contribution in [0.2, 0.25) is 0 Å². The lowest BCUT2D eigenvalue weighted by Crippen LogP contribution is -2.28. The molecule has 0 saturated carbocycles. The summed E-state index contributed by atoms with van der Waals surface area (Å²) in [6, 6.07) is 81.9. The Morgan fingerprint density at radius 3 is 1.54 bits per heavy atom. The maximum Gasteiger partial charge on any atom is 0.0714 e. The van der Waals surface area contributed by atoms with Gasteiger partial charge in [0.25, 0.3) is 0 Å². The van der Waals surface area contributed by atoms with Crippen molar-refractivity contribution in [2.75, 3.05) is 4.90 Å². The van der Waals surface area contributed by atoms with Gasteiger partial charge in [-0.05, 0) is 103 Å². The van der Waals surface area contributed by atoms with E-state index in [0.29, 0.717) is 0 Å². The number of anilines is 3. The van der Waals surface area contributed by atoms with E-state index in [0.717, 1.165) is 17.1 Å². The van der Waals surface area contributed by atoms with Crippen molar-refractivity contribution in [3.05, 3.63) is 247 Å². The molecular formula is C53H37N. The molecule has 0 atom stereocenters. The first-order valence-electron chi connectivity index (χ1n) is 18.7. The fourth-order valence-corrected chi connectivity index (χ4v) is 8.81. The number of benzene rings is 9. The number of rotatable bonds is 7. The molecule has 54 heavy (non-hydrogen) atoms. The van der Waals surface area contributed by atoms with E-state index in [-0.39, 0.29) is 0 Å². The Morgan fingerprint density at radius 1 is 0.315 bits per heavy atom. The molecule has 0 heterocycles. The lowest BCUT2D eigenvalue weighted by molar-refractivity contribution is 0.768. The van der Waals surface area contributed by atoms with Gasteiger partial charge in [0.05, 0.1) is 5.41 Å². The number of fused-ring (bicyclic) bond motifs is 4. The van der Waals surface area contributed by atoms with Crippen LogP contribution in [0, 0.1) is 0 Å². The van der Waals surface area contributed by atoms with Gasteiger partial charge in [-0.3, -0.25) is 0 Å². The fourth-order valence-electron chi connectivity index (χ4n) is 8.81. The minimum absolute atomic E-state index is 0.472. The molecule has 1 heteroatoms. The van der Waals surface area contributed by atoms with Crippen molar-refractivity contribution in [2.45, 2.75) is 5.41 Å². The first kappa shape index (κ1) is 31.7. The largest absolute Gasteiger partial charge is 0.310 e. The quantitative estimate of drug-likeness (QED) is 0.161. The second-order valence-corrected chi connectivity index (χ2v) is 14.1. The Labute approximate surface area is 317 Å². The first-order valence-corrected chi connectivity index (χ1v) is 18.7. The zero-order valence-corrected chi connectivity index (χ0v) is 29.8. The van der Waals surface area contributed by atoms with E-state index in [1.165, 1.54) is 66.4 Å². The van der Waals surface area contributed by atoms with Crippen molar-refractivity contribution in [1.29, 1.82) is 0 Å². The molecule has 0 aliphatic heterocycles. The van der Waals surface area contributed by atoms with Crippen LogP contribution >= 0.6 is 0 Å². The predicted molar refractivity (Wildman–Crippen MR) is 227 cm³/mol. The zero-order chi connectivity index (χ0) is 35.9. The van der Waals surface area contributed by atoms with Crippen molar-refractivity contribution in [3.8, 4) is 33.4 Å². The van der Waals surface area contributed by atoms with E-state index in [1.54, 1.807) is 0 Å². The summed E-state index contributed by atoms with van der Waals surface area (Å²) in [5, 5.41) is 2.50. The van der Waals surface area contributed by atoms with Crippen molar-refractivity contribution < 1.29 is 0 Å². The maximum absolute atomic E-state index is 2.44.